The molecule has 0 aliphatic rings. The summed E-state index contributed by atoms with van der Waals surface area (Å²) in [6.07, 6.45) is 7.19. The Morgan fingerprint density at radius 2 is 2.14 bits per heavy atom. The van der Waals surface area contributed by atoms with Gasteiger partial charge in [0.15, 0.2) is 0 Å². The largest absolute Gasteiger partial charge is 0.377 e. The lowest BCUT2D eigenvalue weighted by Crippen LogP contribution is -2.07. The van der Waals surface area contributed by atoms with Crippen LogP contribution in [0.1, 0.15) is 18.5 Å². The van der Waals surface area contributed by atoms with Crippen LogP contribution in [0.5, 0.6) is 0 Å². The molecule has 2 heterocycles. The van der Waals surface area contributed by atoms with Gasteiger partial charge in [-0.05, 0) is 36.8 Å². The Morgan fingerprint density at radius 1 is 1.24 bits per heavy atom. The van der Waals surface area contributed by atoms with Gasteiger partial charge in [-0.1, -0.05) is 28.1 Å². The van der Waals surface area contributed by atoms with Crippen molar-refractivity contribution in [1.82, 2.24) is 14.5 Å². The molecule has 0 aliphatic carbocycles. The molecule has 0 saturated heterocycles. The highest BCUT2D eigenvalue weighted by Crippen LogP contribution is 2.22. The van der Waals surface area contributed by atoms with Crippen LogP contribution < -0.4 is 5.32 Å². The molecule has 3 rings (SSSR count). The number of nitrogens with zero attached hydrogens (tertiary/aromatic N) is 3. The van der Waals surface area contributed by atoms with Crippen molar-refractivity contribution in [2.75, 3.05) is 5.32 Å². The third-order valence-corrected chi connectivity index (χ3v) is 3.74. The van der Waals surface area contributed by atoms with Crippen molar-refractivity contribution in [3.05, 3.63) is 71.4 Å². The summed E-state index contributed by atoms with van der Waals surface area (Å²) in [7, 11) is 0. The van der Waals surface area contributed by atoms with E-state index in [4.69, 9.17) is 0 Å². The van der Waals surface area contributed by atoms with Crippen LogP contribution in [0.25, 0.3) is 5.82 Å². The Bertz CT molecular complexity index is 707. The van der Waals surface area contributed by atoms with Crippen molar-refractivity contribution in [2.45, 2.75) is 13.0 Å². The summed E-state index contributed by atoms with van der Waals surface area (Å²) in [4.78, 5) is 8.46. The van der Waals surface area contributed by atoms with E-state index in [0.29, 0.717) is 0 Å². The second kappa shape index (κ2) is 6.10. The van der Waals surface area contributed by atoms with E-state index in [9.17, 15) is 0 Å². The van der Waals surface area contributed by atoms with Gasteiger partial charge < -0.3 is 5.32 Å². The average Bonchev–Trinajstić information content (AvgIpc) is 3.02. The molecule has 4 nitrogen and oxygen atoms in total. The van der Waals surface area contributed by atoms with Crippen LogP contribution in [0.4, 0.5) is 5.69 Å². The van der Waals surface area contributed by atoms with Gasteiger partial charge in [0, 0.05) is 22.9 Å². The van der Waals surface area contributed by atoms with E-state index in [1.54, 1.807) is 12.5 Å². The van der Waals surface area contributed by atoms with Gasteiger partial charge in [0.05, 0.1) is 11.9 Å². The first-order valence-corrected chi connectivity index (χ1v) is 7.48. The highest BCUT2D eigenvalue weighted by Gasteiger charge is 2.06. The van der Waals surface area contributed by atoms with Gasteiger partial charge in [0.2, 0.25) is 0 Å². The minimum atomic E-state index is 0.211. The highest BCUT2D eigenvalue weighted by molar-refractivity contribution is 9.10. The first kappa shape index (κ1) is 13.8. The summed E-state index contributed by atoms with van der Waals surface area (Å²) in [6, 6.07) is 12.5. The van der Waals surface area contributed by atoms with E-state index in [1.165, 1.54) is 5.56 Å². The van der Waals surface area contributed by atoms with Crippen molar-refractivity contribution in [3.63, 3.8) is 0 Å². The Kier molecular flexibility index (Phi) is 4.01. The normalized spacial score (nSPS) is 12.1. The second-order valence-electron chi connectivity index (χ2n) is 4.80. The monoisotopic (exact) mass is 342 g/mol. The molecule has 5 heteroatoms. The fourth-order valence-corrected chi connectivity index (χ4v) is 2.55. The zero-order valence-corrected chi connectivity index (χ0v) is 13.2. The van der Waals surface area contributed by atoms with E-state index in [0.717, 1.165) is 16.0 Å². The van der Waals surface area contributed by atoms with Gasteiger partial charge in [0.25, 0.3) is 0 Å². The number of rotatable bonds is 4. The molecular formula is C16H15BrN4. The molecule has 0 fully saturated rings. The van der Waals surface area contributed by atoms with Crippen molar-refractivity contribution in [1.29, 1.82) is 0 Å². The van der Waals surface area contributed by atoms with Crippen LogP contribution in [0.2, 0.25) is 0 Å². The molecule has 1 atom stereocenters. The van der Waals surface area contributed by atoms with E-state index >= 15 is 0 Å². The molecule has 1 aromatic carbocycles. The lowest BCUT2D eigenvalue weighted by atomic mass is 10.1. The van der Waals surface area contributed by atoms with Crippen LogP contribution in [0, 0.1) is 0 Å². The van der Waals surface area contributed by atoms with E-state index in [1.807, 2.05) is 41.2 Å². The zero-order valence-electron chi connectivity index (χ0n) is 11.6. The zero-order chi connectivity index (χ0) is 14.7. The first-order chi connectivity index (χ1) is 10.2. The second-order valence-corrected chi connectivity index (χ2v) is 5.71. The molecule has 0 aliphatic heterocycles. The van der Waals surface area contributed by atoms with Gasteiger partial charge in [-0.2, -0.15) is 0 Å². The molecule has 0 saturated carbocycles. The molecule has 2 aromatic heterocycles. The molecule has 0 radical (unpaired) electrons. The van der Waals surface area contributed by atoms with Crippen LogP contribution in [-0.2, 0) is 0 Å². The van der Waals surface area contributed by atoms with Gasteiger partial charge in [-0.15, -0.1) is 0 Å². The third kappa shape index (κ3) is 3.31. The molecular weight excluding hydrogens is 328 g/mol. The van der Waals surface area contributed by atoms with Crippen LogP contribution >= 0.6 is 15.9 Å². The maximum atomic E-state index is 4.44. The highest BCUT2D eigenvalue weighted by atomic mass is 79.9. The molecule has 0 spiro atoms. The summed E-state index contributed by atoms with van der Waals surface area (Å²) in [6.45, 7) is 2.13. The predicted molar refractivity (Wildman–Crippen MR) is 87.5 cm³/mol. The van der Waals surface area contributed by atoms with E-state index in [-0.39, 0.29) is 6.04 Å². The Hall–Kier alpha value is -2.14. The van der Waals surface area contributed by atoms with Crippen LogP contribution in [0.3, 0.4) is 0 Å². The van der Waals surface area contributed by atoms with Crippen LogP contribution in [-0.4, -0.2) is 14.5 Å². The van der Waals surface area contributed by atoms with E-state index in [2.05, 4.69) is 50.3 Å². The number of benzene rings is 1. The van der Waals surface area contributed by atoms with Gasteiger partial charge in [-0.25, -0.2) is 9.97 Å². The average molecular weight is 343 g/mol. The topological polar surface area (TPSA) is 42.7 Å². The molecule has 3 aromatic rings. The Morgan fingerprint density at radius 3 is 2.81 bits per heavy atom. The van der Waals surface area contributed by atoms with Gasteiger partial charge in [-0.3, -0.25) is 4.57 Å². The number of pyridine rings is 1. The smallest absolute Gasteiger partial charge is 0.137 e. The lowest BCUT2D eigenvalue weighted by molar-refractivity contribution is 0.880. The number of imidazole rings is 1. The quantitative estimate of drug-likeness (QED) is 0.772. The number of anilines is 1. The first-order valence-electron chi connectivity index (χ1n) is 6.69. The van der Waals surface area contributed by atoms with Crippen molar-refractivity contribution in [2.24, 2.45) is 0 Å². The fraction of sp³-hybridized carbons (Fsp3) is 0.125. The van der Waals surface area contributed by atoms with Gasteiger partial charge >= 0.3 is 0 Å². The maximum Gasteiger partial charge on any atom is 0.137 e. The van der Waals surface area contributed by atoms with E-state index < -0.39 is 0 Å². The Labute approximate surface area is 132 Å². The minimum absolute atomic E-state index is 0.211. The number of hydrogen-bond donors (Lipinski definition) is 1. The summed E-state index contributed by atoms with van der Waals surface area (Å²) in [5.74, 6) is 0.855. The standard InChI is InChI=1S/C16H15BrN4/c1-12(13-3-2-4-14(17)9-13)20-15-5-6-16(19-10-15)21-8-7-18-11-21/h2-12,20H,1H3. The molecule has 1 N–H and O–H groups in total. The summed E-state index contributed by atoms with van der Waals surface area (Å²) in [5.41, 5.74) is 2.22. The SMILES string of the molecule is CC(Nc1ccc(-n2ccnc2)nc1)c1cccc(Br)c1. The number of halogens is 1. The Balaban J connectivity index is 1.73. The molecule has 0 bridgehead atoms. The number of nitrogens with one attached hydrogen (secondary N) is 1. The van der Waals surface area contributed by atoms with Crippen molar-refractivity contribution in [3.8, 4) is 5.82 Å². The predicted octanol–water partition coefficient (Wildman–Crippen LogP) is 4.20. The summed E-state index contributed by atoms with van der Waals surface area (Å²) >= 11 is 3.50. The molecule has 0 amide bonds. The number of aromatic nitrogens is 3. The van der Waals surface area contributed by atoms with Gasteiger partial charge in [0.1, 0.15) is 12.1 Å². The third-order valence-electron chi connectivity index (χ3n) is 3.25. The summed E-state index contributed by atoms with van der Waals surface area (Å²) < 4.78 is 2.96. The van der Waals surface area contributed by atoms with Crippen molar-refractivity contribution < 1.29 is 0 Å². The maximum absolute atomic E-state index is 4.44. The minimum Gasteiger partial charge on any atom is -0.377 e. The molecule has 1 unspecified atom stereocenters. The lowest BCUT2D eigenvalue weighted by Gasteiger charge is -2.16. The van der Waals surface area contributed by atoms with Crippen molar-refractivity contribution >= 4 is 21.6 Å². The molecule has 106 valence electrons. The summed E-state index contributed by atoms with van der Waals surface area (Å²) in [5, 5.41) is 3.45. The number of hydrogen-bond acceptors (Lipinski definition) is 3. The molecule has 21 heavy (non-hydrogen) atoms. The van der Waals surface area contributed by atoms with Crippen LogP contribution in [0.15, 0.2) is 65.8 Å². The fourth-order valence-electron chi connectivity index (χ4n) is 2.13.